The lowest BCUT2D eigenvalue weighted by atomic mass is 10.0. The quantitative estimate of drug-likeness (QED) is 0.0373. The fraction of sp³-hybridized carbons (Fsp3) is 0.681. The van der Waals surface area contributed by atoms with Gasteiger partial charge in [0.25, 0.3) is 0 Å². The molecule has 0 aromatic rings. The molecule has 0 saturated heterocycles. The van der Waals surface area contributed by atoms with E-state index in [1.807, 2.05) is 0 Å². The van der Waals surface area contributed by atoms with Crippen LogP contribution in [0.25, 0.3) is 0 Å². The third kappa shape index (κ3) is 60.9. The van der Waals surface area contributed by atoms with Crippen molar-refractivity contribution < 1.29 is 24.2 Å². The number of hydrogen-bond donors (Lipinski definition) is 1. The molecule has 0 rings (SSSR count). The molecule has 74 heavy (non-hydrogen) atoms. The van der Waals surface area contributed by atoms with Gasteiger partial charge in [0.05, 0.1) is 6.61 Å². The van der Waals surface area contributed by atoms with Gasteiger partial charge in [-0.2, -0.15) is 0 Å². The van der Waals surface area contributed by atoms with Crippen molar-refractivity contribution in [3.05, 3.63) is 122 Å². The van der Waals surface area contributed by atoms with Crippen LogP contribution in [0.5, 0.6) is 0 Å². The molecule has 0 radical (unpaired) electrons. The predicted octanol–water partition coefficient (Wildman–Crippen LogP) is 21.4. The molecular weight excluding hydrogens is 909 g/mol. The van der Waals surface area contributed by atoms with Crippen molar-refractivity contribution in [1.82, 2.24) is 0 Å². The highest BCUT2D eigenvalue weighted by Crippen LogP contribution is 2.16. The van der Waals surface area contributed by atoms with Crippen molar-refractivity contribution in [1.29, 1.82) is 0 Å². The highest BCUT2D eigenvalue weighted by molar-refractivity contribution is 5.70. The number of allylic oxidation sites excluding steroid dienone is 20. The van der Waals surface area contributed by atoms with E-state index in [1.54, 1.807) is 0 Å². The first kappa shape index (κ1) is 70.3. The number of unbranched alkanes of at least 4 members (excludes halogenated alkanes) is 28. The molecular formula is C69H116O5. The van der Waals surface area contributed by atoms with Crippen molar-refractivity contribution in [2.24, 2.45) is 0 Å². The Labute approximate surface area is 458 Å². The summed E-state index contributed by atoms with van der Waals surface area (Å²) in [6, 6.07) is 0. The zero-order valence-corrected chi connectivity index (χ0v) is 48.3. The van der Waals surface area contributed by atoms with Crippen LogP contribution in [0.15, 0.2) is 122 Å². The molecule has 0 bridgehead atoms. The van der Waals surface area contributed by atoms with Crippen molar-refractivity contribution >= 4 is 11.9 Å². The summed E-state index contributed by atoms with van der Waals surface area (Å²) in [6.45, 7) is 4.03. The number of rotatable bonds is 56. The van der Waals surface area contributed by atoms with Gasteiger partial charge in [0, 0.05) is 12.8 Å². The Kier molecular flexibility index (Phi) is 60.4. The Bertz CT molecular complexity index is 1490. The third-order valence-electron chi connectivity index (χ3n) is 13.2. The van der Waals surface area contributed by atoms with Crippen LogP contribution < -0.4 is 0 Å². The molecule has 0 amide bonds. The van der Waals surface area contributed by atoms with Crippen LogP contribution in [0.2, 0.25) is 0 Å². The highest BCUT2D eigenvalue weighted by Gasteiger charge is 2.16. The molecule has 1 N–H and O–H groups in total. The summed E-state index contributed by atoms with van der Waals surface area (Å²) in [5.74, 6) is -0.593. The number of carbonyl (C=O) groups excluding carboxylic acids is 2. The maximum Gasteiger partial charge on any atom is 0.306 e. The fourth-order valence-electron chi connectivity index (χ4n) is 8.60. The molecule has 1 unspecified atom stereocenters. The molecule has 0 aliphatic heterocycles. The van der Waals surface area contributed by atoms with E-state index >= 15 is 0 Å². The number of esters is 2. The van der Waals surface area contributed by atoms with Gasteiger partial charge >= 0.3 is 11.9 Å². The van der Waals surface area contributed by atoms with Gasteiger partial charge in [-0.1, -0.05) is 283 Å². The van der Waals surface area contributed by atoms with E-state index in [0.717, 1.165) is 96.3 Å². The van der Waals surface area contributed by atoms with Gasteiger partial charge in [-0.3, -0.25) is 9.59 Å². The summed E-state index contributed by atoms with van der Waals surface area (Å²) in [5.41, 5.74) is 0. The van der Waals surface area contributed by atoms with Crippen molar-refractivity contribution in [3.8, 4) is 0 Å². The maximum atomic E-state index is 12.3. The lowest BCUT2D eigenvalue weighted by Crippen LogP contribution is -2.28. The Balaban J connectivity index is 3.52. The van der Waals surface area contributed by atoms with E-state index in [1.165, 1.54) is 161 Å². The minimum absolute atomic E-state index is 0.0717. The highest BCUT2D eigenvalue weighted by atomic mass is 16.6. The molecule has 0 saturated carbocycles. The van der Waals surface area contributed by atoms with E-state index in [4.69, 9.17) is 9.47 Å². The first-order valence-corrected chi connectivity index (χ1v) is 31.1. The van der Waals surface area contributed by atoms with Crippen molar-refractivity contribution in [3.63, 3.8) is 0 Å². The summed E-state index contributed by atoms with van der Waals surface area (Å²) in [4.78, 5) is 24.6. The van der Waals surface area contributed by atoms with Crippen molar-refractivity contribution in [2.75, 3.05) is 13.2 Å². The zero-order chi connectivity index (χ0) is 53.4. The standard InChI is InChI=1S/C69H116O5/c1-3-5-7-9-11-13-15-17-19-21-23-25-26-27-28-29-30-31-32-33-34-35-36-37-38-39-40-41-42-44-46-48-50-52-54-56-58-60-62-64-69(72)74-67(65-70)66-73-68(71)63-61-59-57-55-53-51-49-47-45-43-24-22-20-18-16-14-12-10-8-6-4-2/h5,7,11,13,16-19,22-25,27-28,30-31,33-34,36-37,67,70H,3-4,6,8-10,12,14-15,20-21,26,29,32,35,38-66H2,1-2H3/b7-5-,13-11-,18-16-,19-17-,24-22-,25-23-,28-27-,31-30-,34-33-,37-36-. The number of carbonyl (C=O) groups is 2. The van der Waals surface area contributed by atoms with E-state index in [-0.39, 0.29) is 25.2 Å². The Morgan fingerprint density at radius 2 is 0.581 bits per heavy atom. The average molecular weight is 1030 g/mol. The predicted molar refractivity (Wildman–Crippen MR) is 325 cm³/mol. The van der Waals surface area contributed by atoms with E-state index in [9.17, 15) is 14.7 Å². The Morgan fingerprint density at radius 3 is 0.878 bits per heavy atom. The molecule has 0 aliphatic rings. The monoisotopic (exact) mass is 1020 g/mol. The normalized spacial score (nSPS) is 13.1. The van der Waals surface area contributed by atoms with Crippen LogP contribution in [0.1, 0.15) is 284 Å². The average Bonchev–Trinajstić information content (AvgIpc) is 3.40. The Hall–Kier alpha value is -3.70. The number of aliphatic hydroxyl groups is 1. The second kappa shape index (κ2) is 63.6. The first-order valence-electron chi connectivity index (χ1n) is 31.1. The third-order valence-corrected chi connectivity index (χ3v) is 13.2. The second-order valence-corrected chi connectivity index (χ2v) is 20.4. The topological polar surface area (TPSA) is 72.8 Å². The summed E-state index contributed by atoms with van der Waals surface area (Å²) in [6.07, 6.45) is 93.3. The summed E-state index contributed by atoms with van der Waals surface area (Å²) < 4.78 is 10.7. The largest absolute Gasteiger partial charge is 0.462 e. The molecule has 5 nitrogen and oxygen atoms in total. The SMILES string of the molecule is CC/C=C\C/C=C\C/C=C\C/C=C\C/C=C\C/C=C\C/C=C\C/C=C\CCCCCCCCCCCCCCCCC(=O)OC(CO)COC(=O)CCCCCCCCCCC/C=C\C/C=C\CCCCCCC. The van der Waals surface area contributed by atoms with Gasteiger partial charge in [0.1, 0.15) is 6.61 Å². The number of ether oxygens (including phenoxy) is 2. The van der Waals surface area contributed by atoms with Gasteiger partial charge in [-0.25, -0.2) is 0 Å². The van der Waals surface area contributed by atoms with E-state index in [2.05, 4.69) is 135 Å². The lowest BCUT2D eigenvalue weighted by molar-refractivity contribution is -0.161. The summed E-state index contributed by atoms with van der Waals surface area (Å²) >= 11 is 0. The smallest absolute Gasteiger partial charge is 0.306 e. The van der Waals surface area contributed by atoms with Crippen LogP contribution in [0, 0.1) is 0 Å². The zero-order valence-electron chi connectivity index (χ0n) is 48.3. The van der Waals surface area contributed by atoms with Crippen LogP contribution >= 0.6 is 0 Å². The van der Waals surface area contributed by atoms with E-state index < -0.39 is 6.10 Å². The van der Waals surface area contributed by atoms with Gasteiger partial charge in [-0.05, 0) is 109 Å². The van der Waals surface area contributed by atoms with Crippen LogP contribution in [0.4, 0.5) is 0 Å². The van der Waals surface area contributed by atoms with Crippen LogP contribution in [0.3, 0.4) is 0 Å². The lowest BCUT2D eigenvalue weighted by Gasteiger charge is -2.15. The Morgan fingerprint density at radius 1 is 0.324 bits per heavy atom. The molecule has 0 aliphatic carbocycles. The van der Waals surface area contributed by atoms with Gasteiger partial charge < -0.3 is 14.6 Å². The molecule has 0 aromatic heterocycles. The fourth-order valence-corrected chi connectivity index (χ4v) is 8.60. The van der Waals surface area contributed by atoms with Crippen LogP contribution in [-0.4, -0.2) is 36.4 Å². The molecule has 422 valence electrons. The summed E-state index contributed by atoms with van der Waals surface area (Å²) in [7, 11) is 0. The van der Waals surface area contributed by atoms with Crippen LogP contribution in [-0.2, 0) is 19.1 Å². The molecule has 0 spiro atoms. The summed E-state index contributed by atoms with van der Waals surface area (Å²) in [5, 5.41) is 9.67. The van der Waals surface area contributed by atoms with Gasteiger partial charge in [0.15, 0.2) is 6.10 Å². The second-order valence-electron chi connectivity index (χ2n) is 20.4. The van der Waals surface area contributed by atoms with E-state index in [0.29, 0.717) is 12.8 Å². The maximum absolute atomic E-state index is 12.3. The minimum atomic E-state index is -0.781. The number of aliphatic hydroxyl groups excluding tert-OH is 1. The molecule has 1 atom stereocenters. The molecule has 0 heterocycles. The molecule has 5 heteroatoms. The first-order chi connectivity index (χ1) is 36.6. The van der Waals surface area contributed by atoms with Gasteiger partial charge in [-0.15, -0.1) is 0 Å². The molecule has 0 aromatic carbocycles. The van der Waals surface area contributed by atoms with Crippen molar-refractivity contribution in [2.45, 2.75) is 290 Å². The minimum Gasteiger partial charge on any atom is -0.462 e. The molecule has 0 fully saturated rings. The number of hydrogen-bond acceptors (Lipinski definition) is 5. The van der Waals surface area contributed by atoms with Gasteiger partial charge in [0.2, 0.25) is 0 Å².